The number of hydrogen-bond donors (Lipinski definition) is 1. The molecule has 0 saturated carbocycles. The number of hydrogen-bond acceptors (Lipinski definition) is 3. The van der Waals surface area contributed by atoms with Crippen LogP contribution in [0, 0.1) is 11.3 Å². The maximum absolute atomic E-state index is 10.5. The number of benzene rings is 2. The van der Waals surface area contributed by atoms with Gasteiger partial charge in [-0.25, -0.2) is 0 Å². The minimum absolute atomic E-state index is 0.101. The lowest BCUT2D eigenvalue weighted by molar-refractivity contribution is -0.0458. The minimum atomic E-state index is 0.101. The lowest BCUT2D eigenvalue weighted by Gasteiger charge is -2.61. The molecule has 0 amide bonds. The third-order valence-corrected chi connectivity index (χ3v) is 7.56. The van der Waals surface area contributed by atoms with Crippen molar-refractivity contribution < 1.29 is 9.84 Å². The molecule has 3 atom stereocenters. The van der Waals surface area contributed by atoms with E-state index in [-0.39, 0.29) is 10.8 Å². The molecule has 0 radical (unpaired) electrons. The fourth-order valence-electron chi connectivity index (χ4n) is 5.46. The van der Waals surface area contributed by atoms with Gasteiger partial charge in [0.1, 0.15) is 11.5 Å². The summed E-state index contributed by atoms with van der Waals surface area (Å²) < 4.78 is 5.99. The molecule has 1 saturated heterocycles. The molecule has 2 aliphatic rings. The lowest BCUT2D eigenvalue weighted by Crippen LogP contribution is -2.64. The van der Waals surface area contributed by atoms with Crippen molar-refractivity contribution in [1.29, 1.82) is 0 Å². The molecule has 3 heteroatoms. The molecular weight excluding hydrogens is 346 g/mol. The predicted octanol–water partition coefficient (Wildman–Crippen LogP) is 5.02. The lowest BCUT2D eigenvalue weighted by atomic mass is 9.51. The highest BCUT2D eigenvalue weighted by Gasteiger charge is 2.56. The Morgan fingerprint density at radius 3 is 2.61 bits per heavy atom. The van der Waals surface area contributed by atoms with E-state index in [4.69, 9.17) is 4.74 Å². The van der Waals surface area contributed by atoms with E-state index in [1.165, 1.54) is 5.56 Å². The predicted molar refractivity (Wildman–Crippen MR) is 114 cm³/mol. The third kappa shape index (κ3) is 3.10. The van der Waals surface area contributed by atoms with Crippen molar-refractivity contribution in [2.45, 2.75) is 52.0 Å². The largest absolute Gasteiger partial charge is 0.508 e. The van der Waals surface area contributed by atoms with Gasteiger partial charge in [0.05, 0.1) is 6.61 Å². The smallest absolute Gasteiger partial charge is 0.119 e. The van der Waals surface area contributed by atoms with Crippen LogP contribution in [0.25, 0.3) is 0 Å². The second-order valence-corrected chi connectivity index (χ2v) is 9.55. The molecule has 1 N–H and O–H groups in total. The zero-order chi connectivity index (χ0) is 19.9. The van der Waals surface area contributed by atoms with Crippen molar-refractivity contribution in [2.75, 3.05) is 19.7 Å². The average molecular weight is 380 g/mol. The Labute approximate surface area is 169 Å². The Morgan fingerprint density at radius 2 is 1.86 bits per heavy atom. The molecule has 1 fully saturated rings. The van der Waals surface area contributed by atoms with Gasteiger partial charge in [-0.15, -0.1) is 0 Å². The van der Waals surface area contributed by atoms with E-state index in [1.54, 1.807) is 0 Å². The number of phenols is 1. The molecular formula is C25H33NO2. The molecule has 1 aliphatic heterocycles. The van der Waals surface area contributed by atoms with Gasteiger partial charge in [0.15, 0.2) is 0 Å². The summed E-state index contributed by atoms with van der Waals surface area (Å²) in [6, 6.07) is 16.6. The molecule has 2 bridgehead atoms. The molecule has 3 nitrogen and oxygen atoms in total. The van der Waals surface area contributed by atoms with Crippen molar-refractivity contribution in [2.24, 2.45) is 11.3 Å². The summed E-state index contributed by atoms with van der Waals surface area (Å²) in [5, 5.41) is 10.5. The molecule has 0 spiro atoms. The number of aromatic hydroxyl groups is 1. The van der Waals surface area contributed by atoms with E-state index >= 15 is 0 Å². The number of phenolic OH excluding ortho intramolecular Hbond substituents is 1. The second kappa shape index (κ2) is 7.11. The maximum atomic E-state index is 10.5. The maximum Gasteiger partial charge on any atom is 0.119 e. The van der Waals surface area contributed by atoms with Gasteiger partial charge in [0.25, 0.3) is 0 Å². The molecule has 2 aromatic carbocycles. The van der Waals surface area contributed by atoms with Crippen molar-refractivity contribution in [3.05, 3.63) is 59.7 Å². The molecule has 1 aliphatic carbocycles. The Kier molecular flexibility index (Phi) is 4.91. The normalized spacial score (nSPS) is 27.1. The molecule has 2 aromatic rings. The minimum Gasteiger partial charge on any atom is -0.508 e. The first-order chi connectivity index (χ1) is 13.3. The topological polar surface area (TPSA) is 32.7 Å². The summed E-state index contributed by atoms with van der Waals surface area (Å²) in [5.41, 5.74) is 2.78. The Morgan fingerprint density at radius 1 is 1.11 bits per heavy atom. The van der Waals surface area contributed by atoms with Crippen LogP contribution in [0.1, 0.15) is 45.2 Å². The number of nitrogens with zero attached hydrogens (tertiary/aromatic N) is 1. The quantitative estimate of drug-likeness (QED) is 0.792. The van der Waals surface area contributed by atoms with Crippen LogP contribution in [0.15, 0.2) is 48.5 Å². The second-order valence-electron chi connectivity index (χ2n) is 9.55. The number of likely N-dealkylation sites (tertiary alicyclic amines) is 1. The Bertz CT molecular complexity index is 832. The Balaban J connectivity index is 1.51. The van der Waals surface area contributed by atoms with Gasteiger partial charge >= 0.3 is 0 Å². The van der Waals surface area contributed by atoms with Crippen molar-refractivity contribution in [1.82, 2.24) is 4.90 Å². The van der Waals surface area contributed by atoms with Gasteiger partial charge < -0.3 is 9.84 Å². The van der Waals surface area contributed by atoms with E-state index in [0.29, 0.717) is 17.7 Å². The molecule has 0 unspecified atom stereocenters. The monoisotopic (exact) mass is 379 g/mol. The van der Waals surface area contributed by atoms with E-state index in [1.807, 2.05) is 42.5 Å². The van der Waals surface area contributed by atoms with E-state index in [9.17, 15) is 5.11 Å². The van der Waals surface area contributed by atoms with Gasteiger partial charge in [-0.1, -0.05) is 58.0 Å². The zero-order valence-electron chi connectivity index (χ0n) is 17.6. The summed E-state index contributed by atoms with van der Waals surface area (Å²) in [7, 11) is 0. The van der Waals surface area contributed by atoms with E-state index < -0.39 is 0 Å². The van der Waals surface area contributed by atoms with Gasteiger partial charge in [-0.3, -0.25) is 4.90 Å². The molecule has 150 valence electrons. The highest BCUT2D eigenvalue weighted by atomic mass is 16.5. The number of ether oxygens (including phenoxy) is 1. The fourth-order valence-corrected chi connectivity index (χ4v) is 5.46. The summed E-state index contributed by atoms with van der Waals surface area (Å²) in [6.45, 7) is 12.4. The zero-order valence-corrected chi connectivity index (χ0v) is 17.6. The first-order valence-electron chi connectivity index (χ1n) is 10.6. The molecule has 28 heavy (non-hydrogen) atoms. The van der Waals surface area contributed by atoms with Crippen LogP contribution in [0.5, 0.6) is 11.5 Å². The van der Waals surface area contributed by atoms with Crippen molar-refractivity contribution in [3.63, 3.8) is 0 Å². The molecule has 1 heterocycles. The SMILES string of the molecule is C[C@H](COc1ccccc1)CN1CC[C@@]2(C)c3cccc(O)c3C[C@@H]1C2(C)C. The summed E-state index contributed by atoms with van der Waals surface area (Å²) in [4.78, 5) is 2.65. The van der Waals surface area contributed by atoms with E-state index in [2.05, 4.69) is 38.7 Å². The number of fused-ring (bicyclic) bond motifs is 4. The highest BCUT2D eigenvalue weighted by molar-refractivity contribution is 5.48. The summed E-state index contributed by atoms with van der Waals surface area (Å²) in [6.07, 6.45) is 2.05. The number of piperidine rings is 1. The van der Waals surface area contributed by atoms with Crippen LogP contribution < -0.4 is 4.74 Å². The third-order valence-electron chi connectivity index (χ3n) is 7.56. The van der Waals surface area contributed by atoms with Crippen LogP contribution in [0.2, 0.25) is 0 Å². The Hall–Kier alpha value is -2.00. The fraction of sp³-hybridized carbons (Fsp3) is 0.520. The standard InChI is InChI=1S/C25H33NO2/c1-18(17-28-19-9-6-5-7-10-19)16-26-14-13-25(4)21-11-8-12-22(27)20(21)15-23(26)24(25,2)3/h5-12,18,23,27H,13-17H2,1-4H3/t18-,23+,25-/m0/s1. The van der Waals surface area contributed by atoms with Crippen molar-refractivity contribution >= 4 is 0 Å². The first-order valence-corrected chi connectivity index (χ1v) is 10.6. The number of para-hydroxylation sites is 1. The van der Waals surface area contributed by atoms with Gasteiger partial charge in [-0.2, -0.15) is 0 Å². The number of rotatable bonds is 5. The summed E-state index contributed by atoms with van der Waals surface area (Å²) in [5.74, 6) is 1.86. The van der Waals surface area contributed by atoms with Crippen LogP contribution in [0.3, 0.4) is 0 Å². The average Bonchev–Trinajstić information content (AvgIpc) is 2.67. The van der Waals surface area contributed by atoms with Crippen LogP contribution >= 0.6 is 0 Å². The van der Waals surface area contributed by atoms with E-state index in [0.717, 1.165) is 43.9 Å². The summed E-state index contributed by atoms with van der Waals surface area (Å²) >= 11 is 0. The van der Waals surface area contributed by atoms with Gasteiger partial charge in [0.2, 0.25) is 0 Å². The van der Waals surface area contributed by atoms with Crippen LogP contribution in [-0.2, 0) is 11.8 Å². The van der Waals surface area contributed by atoms with Crippen molar-refractivity contribution in [3.8, 4) is 11.5 Å². The van der Waals surface area contributed by atoms with Crippen LogP contribution in [-0.4, -0.2) is 35.7 Å². The van der Waals surface area contributed by atoms with Crippen LogP contribution in [0.4, 0.5) is 0 Å². The highest BCUT2D eigenvalue weighted by Crippen LogP contribution is 2.57. The van der Waals surface area contributed by atoms with Gasteiger partial charge in [0, 0.05) is 23.9 Å². The molecule has 4 rings (SSSR count). The molecule has 0 aromatic heterocycles. The first kappa shape index (κ1) is 19.3. The van der Waals surface area contributed by atoms with Gasteiger partial charge in [-0.05, 0) is 54.1 Å².